The molecule has 164 valence electrons. The molecule has 3 aromatic rings. The van der Waals surface area contributed by atoms with E-state index in [1.807, 2.05) is 0 Å². The summed E-state index contributed by atoms with van der Waals surface area (Å²) in [5.41, 5.74) is 7.75. The number of hydrogen-bond donors (Lipinski definition) is 1. The van der Waals surface area contributed by atoms with Crippen LogP contribution in [-0.4, -0.2) is 31.4 Å². The zero-order chi connectivity index (χ0) is 23.4. The average molecular weight is 438 g/mol. The molecule has 32 heavy (non-hydrogen) atoms. The Morgan fingerprint density at radius 3 is 2.16 bits per heavy atom. The van der Waals surface area contributed by atoms with Gasteiger partial charge in [-0.25, -0.2) is 4.79 Å². The first-order chi connectivity index (χ1) is 15.2. The summed E-state index contributed by atoms with van der Waals surface area (Å²) < 4.78 is 1.52. The zero-order valence-corrected chi connectivity index (χ0v) is 17.1. The molecule has 0 spiro atoms. The maximum atomic E-state index is 12.2. The number of benzene rings is 2. The van der Waals surface area contributed by atoms with Crippen LogP contribution in [0.2, 0.25) is 0 Å². The van der Waals surface area contributed by atoms with Gasteiger partial charge in [-0.05, 0) is 43.7 Å². The number of oxime groups is 1. The molecule has 3 rings (SSSR count). The monoisotopic (exact) mass is 438 g/mol. The number of nitro benzene ring substituents is 1. The second-order valence-electron chi connectivity index (χ2n) is 6.79. The molecule has 0 radical (unpaired) electrons. The first-order valence-electron chi connectivity index (χ1n) is 9.24. The van der Waals surface area contributed by atoms with E-state index >= 15 is 0 Å². The van der Waals surface area contributed by atoms with Gasteiger partial charge in [0.05, 0.1) is 22.0 Å². The Bertz CT molecular complexity index is 1210. The van der Waals surface area contributed by atoms with Crippen LogP contribution in [0.25, 0.3) is 0 Å². The Hall–Kier alpha value is -4.61. The van der Waals surface area contributed by atoms with Gasteiger partial charge in [0.25, 0.3) is 5.69 Å². The molecule has 0 saturated heterocycles. The smallest absolute Gasteiger partial charge is 0.365 e. The largest absolute Gasteiger partial charge is 0.380 e. The number of hydrogen-bond acceptors (Lipinski definition) is 8. The minimum Gasteiger partial charge on any atom is -0.380 e. The molecule has 0 aliphatic rings. The van der Waals surface area contributed by atoms with Gasteiger partial charge >= 0.3 is 11.7 Å². The number of aryl methyl sites for hydroxylation is 1. The Kier molecular flexibility index (Phi) is 6.24. The van der Waals surface area contributed by atoms with Crippen molar-refractivity contribution in [2.75, 3.05) is 0 Å². The molecule has 2 aromatic carbocycles. The van der Waals surface area contributed by atoms with E-state index in [4.69, 9.17) is 10.6 Å². The van der Waals surface area contributed by atoms with Gasteiger partial charge in [0.1, 0.15) is 11.4 Å². The van der Waals surface area contributed by atoms with Crippen molar-refractivity contribution in [2.24, 2.45) is 10.9 Å². The maximum absolute atomic E-state index is 12.2. The number of rotatable bonds is 7. The van der Waals surface area contributed by atoms with Gasteiger partial charge in [0.2, 0.25) is 0 Å². The van der Waals surface area contributed by atoms with Crippen molar-refractivity contribution in [2.45, 2.75) is 20.4 Å². The molecule has 12 nitrogen and oxygen atoms in total. The SMILES string of the molecule is Cc1nn(Cc2ccc(C(=O)O/N=C(\N)c3ccc([N+](=O)[O-])cc3)cc2)c(C)c1[N+](=O)[O-]. The molecule has 2 N–H and O–H groups in total. The number of nitro groups is 2. The third-order valence-corrected chi connectivity index (χ3v) is 4.65. The third-order valence-electron chi connectivity index (χ3n) is 4.65. The van der Waals surface area contributed by atoms with Gasteiger partial charge in [0, 0.05) is 17.7 Å². The van der Waals surface area contributed by atoms with Crippen LogP contribution in [0.3, 0.4) is 0 Å². The van der Waals surface area contributed by atoms with Crippen molar-refractivity contribution < 1.29 is 19.5 Å². The lowest BCUT2D eigenvalue weighted by Gasteiger charge is -2.05. The van der Waals surface area contributed by atoms with Crippen molar-refractivity contribution in [1.29, 1.82) is 0 Å². The lowest BCUT2D eigenvalue weighted by atomic mass is 10.1. The fraction of sp³-hybridized carbons (Fsp3) is 0.150. The lowest BCUT2D eigenvalue weighted by molar-refractivity contribution is -0.386. The van der Waals surface area contributed by atoms with Crippen molar-refractivity contribution in [1.82, 2.24) is 9.78 Å². The molecule has 12 heteroatoms. The number of amidine groups is 1. The highest BCUT2D eigenvalue weighted by molar-refractivity contribution is 5.98. The Morgan fingerprint density at radius 1 is 1.03 bits per heavy atom. The predicted octanol–water partition coefficient (Wildman–Crippen LogP) is 2.84. The fourth-order valence-electron chi connectivity index (χ4n) is 2.97. The molecule has 0 saturated carbocycles. The molecule has 0 fully saturated rings. The van der Waals surface area contributed by atoms with Crippen LogP contribution in [0, 0.1) is 34.1 Å². The predicted molar refractivity (Wildman–Crippen MR) is 113 cm³/mol. The quantitative estimate of drug-likeness (QED) is 0.193. The Labute approximate surface area is 181 Å². The summed E-state index contributed by atoms with van der Waals surface area (Å²) in [6, 6.07) is 11.7. The van der Waals surface area contributed by atoms with Crippen molar-refractivity contribution >= 4 is 23.2 Å². The van der Waals surface area contributed by atoms with E-state index in [2.05, 4.69) is 10.3 Å². The van der Waals surface area contributed by atoms with Crippen LogP contribution >= 0.6 is 0 Å². The number of carbonyl (C=O) groups excluding carboxylic acids is 1. The summed E-state index contributed by atoms with van der Waals surface area (Å²) in [7, 11) is 0. The van der Waals surface area contributed by atoms with E-state index in [9.17, 15) is 25.0 Å². The lowest BCUT2D eigenvalue weighted by Crippen LogP contribution is -2.15. The molecule has 0 amide bonds. The van der Waals surface area contributed by atoms with Crippen molar-refractivity contribution in [3.8, 4) is 0 Å². The molecule has 1 heterocycles. The minimum absolute atomic E-state index is 0.0198. The third kappa shape index (κ3) is 4.75. The van der Waals surface area contributed by atoms with Gasteiger partial charge in [0.15, 0.2) is 5.84 Å². The highest BCUT2D eigenvalue weighted by Gasteiger charge is 2.21. The van der Waals surface area contributed by atoms with Gasteiger partial charge in [-0.15, -0.1) is 0 Å². The minimum atomic E-state index is -0.747. The van der Waals surface area contributed by atoms with Crippen LogP contribution in [0.15, 0.2) is 53.7 Å². The summed E-state index contributed by atoms with van der Waals surface area (Å²) in [5, 5.41) is 29.6. The summed E-state index contributed by atoms with van der Waals surface area (Å²) >= 11 is 0. The first kappa shape index (κ1) is 22.1. The van der Waals surface area contributed by atoms with Gasteiger partial charge in [-0.2, -0.15) is 5.10 Å². The topological polar surface area (TPSA) is 169 Å². The van der Waals surface area contributed by atoms with E-state index in [1.54, 1.807) is 26.0 Å². The van der Waals surface area contributed by atoms with Crippen LogP contribution in [0.1, 0.15) is 32.9 Å². The van der Waals surface area contributed by atoms with Crippen LogP contribution in [-0.2, 0) is 11.4 Å². The zero-order valence-electron chi connectivity index (χ0n) is 17.1. The number of nitrogens with zero attached hydrogens (tertiary/aromatic N) is 5. The summed E-state index contributed by atoms with van der Waals surface area (Å²) in [6.45, 7) is 3.49. The number of carbonyl (C=O) groups is 1. The summed E-state index contributed by atoms with van der Waals surface area (Å²) in [6.07, 6.45) is 0. The van der Waals surface area contributed by atoms with Crippen molar-refractivity contribution in [3.63, 3.8) is 0 Å². The van der Waals surface area contributed by atoms with E-state index in [-0.39, 0.29) is 22.8 Å². The van der Waals surface area contributed by atoms with Gasteiger partial charge < -0.3 is 10.6 Å². The summed E-state index contributed by atoms with van der Waals surface area (Å²) in [4.78, 5) is 37.8. The van der Waals surface area contributed by atoms with Crippen LogP contribution in [0.5, 0.6) is 0 Å². The number of nitrogens with two attached hydrogens (primary N) is 1. The van der Waals surface area contributed by atoms with E-state index < -0.39 is 15.8 Å². The van der Waals surface area contributed by atoms with Gasteiger partial charge in [-0.3, -0.25) is 24.9 Å². The highest BCUT2D eigenvalue weighted by atomic mass is 16.7. The number of aromatic nitrogens is 2. The van der Waals surface area contributed by atoms with E-state index in [1.165, 1.54) is 41.1 Å². The van der Waals surface area contributed by atoms with E-state index in [0.717, 1.165) is 5.56 Å². The molecule has 0 unspecified atom stereocenters. The van der Waals surface area contributed by atoms with Crippen LogP contribution in [0.4, 0.5) is 11.4 Å². The molecule has 0 aliphatic heterocycles. The Morgan fingerprint density at radius 2 is 1.62 bits per heavy atom. The normalized spacial score (nSPS) is 11.2. The maximum Gasteiger partial charge on any atom is 0.365 e. The summed E-state index contributed by atoms with van der Waals surface area (Å²) in [5.74, 6) is -0.862. The fourth-order valence-corrected chi connectivity index (χ4v) is 2.97. The second-order valence-corrected chi connectivity index (χ2v) is 6.79. The molecular weight excluding hydrogens is 420 g/mol. The van der Waals surface area contributed by atoms with Crippen molar-refractivity contribution in [3.05, 3.63) is 96.8 Å². The standard InChI is InChI=1S/C20H18N6O6/c1-12-18(26(30)31)13(2)24(22-12)11-14-3-5-16(6-4-14)20(27)32-23-19(21)15-7-9-17(10-8-15)25(28)29/h3-10H,11H2,1-2H3,(H2,21,23). The molecule has 1 aromatic heterocycles. The average Bonchev–Trinajstić information content (AvgIpc) is 3.05. The second kappa shape index (κ2) is 9.04. The Balaban J connectivity index is 1.66. The number of non-ortho nitro benzene ring substituents is 1. The van der Waals surface area contributed by atoms with Gasteiger partial charge in [-0.1, -0.05) is 17.3 Å². The van der Waals surface area contributed by atoms with E-state index in [0.29, 0.717) is 23.5 Å². The van der Waals surface area contributed by atoms with Crippen LogP contribution < -0.4 is 5.73 Å². The molecule has 0 aliphatic carbocycles. The molecule has 0 bridgehead atoms. The highest BCUT2D eigenvalue weighted by Crippen LogP contribution is 2.22. The molecule has 0 atom stereocenters. The molecular formula is C20H18N6O6. The first-order valence-corrected chi connectivity index (χ1v) is 9.24.